The summed E-state index contributed by atoms with van der Waals surface area (Å²) in [5.41, 5.74) is 1.57. The molecule has 0 bridgehead atoms. The monoisotopic (exact) mass is 309 g/mol. The van der Waals surface area contributed by atoms with Gasteiger partial charge in [0.2, 0.25) is 0 Å². The van der Waals surface area contributed by atoms with Gasteiger partial charge in [-0.1, -0.05) is 6.92 Å². The van der Waals surface area contributed by atoms with Crippen LogP contribution in [0, 0.1) is 6.92 Å². The Bertz CT molecular complexity index is 692. The number of rotatable bonds is 6. The predicted molar refractivity (Wildman–Crippen MR) is 81.7 cm³/mol. The predicted octanol–water partition coefficient (Wildman–Crippen LogP) is 1.45. The highest BCUT2D eigenvalue weighted by Gasteiger charge is 2.11. The van der Waals surface area contributed by atoms with E-state index in [9.17, 15) is 9.59 Å². The van der Waals surface area contributed by atoms with E-state index in [1.165, 1.54) is 18.4 Å². The number of methoxy groups -OCH3 is 1. The number of ether oxygens (including phenoxy) is 1. The van der Waals surface area contributed by atoms with Gasteiger partial charge >= 0.3 is 5.97 Å². The molecular weight excluding hydrogens is 290 g/mol. The Morgan fingerprint density at radius 2 is 2.29 bits per heavy atom. The SMILES string of the molecule is CCN(CCC(=O)OC)Cc1cc(=O)n2c(C)csc2n1. The Labute approximate surface area is 127 Å². The fourth-order valence-corrected chi connectivity index (χ4v) is 3.00. The van der Waals surface area contributed by atoms with Gasteiger partial charge in [-0.2, -0.15) is 0 Å². The van der Waals surface area contributed by atoms with Crippen molar-refractivity contribution in [3.8, 4) is 0 Å². The topological polar surface area (TPSA) is 63.9 Å². The number of aryl methyl sites for hydroxylation is 1. The minimum absolute atomic E-state index is 0.0576. The molecule has 0 radical (unpaired) electrons. The van der Waals surface area contributed by atoms with Crippen LogP contribution in [0.15, 0.2) is 16.2 Å². The Kier molecular flexibility index (Phi) is 5.08. The first kappa shape index (κ1) is 15.7. The second-order valence-corrected chi connectivity index (χ2v) is 5.61. The van der Waals surface area contributed by atoms with Crippen LogP contribution in [0.1, 0.15) is 24.7 Å². The summed E-state index contributed by atoms with van der Waals surface area (Å²) in [5.74, 6) is -0.231. The van der Waals surface area contributed by atoms with Gasteiger partial charge in [0.1, 0.15) is 0 Å². The van der Waals surface area contributed by atoms with Gasteiger partial charge in [-0.05, 0) is 13.5 Å². The van der Waals surface area contributed by atoms with E-state index in [1.54, 1.807) is 10.5 Å². The molecule has 2 heterocycles. The van der Waals surface area contributed by atoms with Gasteiger partial charge in [0.05, 0.1) is 19.2 Å². The second-order valence-electron chi connectivity index (χ2n) is 4.78. The maximum atomic E-state index is 12.1. The highest BCUT2D eigenvalue weighted by Crippen LogP contribution is 2.12. The van der Waals surface area contributed by atoms with Crippen molar-refractivity contribution in [3.05, 3.63) is 33.2 Å². The molecule has 0 amide bonds. The zero-order valence-electron chi connectivity index (χ0n) is 12.5. The van der Waals surface area contributed by atoms with E-state index in [4.69, 9.17) is 0 Å². The van der Waals surface area contributed by atoms with E-state index in [-0.39, 0.29) is 11.5 Å². The number of thiazole rings is 1. The molecule has 0 saturated carbocycles. The Hall–Kier alpha value is -1.73. The highest BCUT2D eigenvalue weighted by atomic mass is 32.1. The molecule has 0 unspecified atom stereocenters. The normalized spacial score (nSPS) is 11.2. The van der Waals surface area contributed by atoms with Crippen LogP contribution in [0.3, 0.4) is 0 Å². The highest BCUT2D eigenvalue weighted by molar-refractivity contribution is 7.15. The molecule has 2 aromatic rings. The molecule has 0 saturated heterocycles. The number of carbonyl (C=O) groups is 1. The molecule has 0 atom stereocenters. The summed E-state index contributed by atoms with van der Waals surface area (Å²) in [7, 11) is 1.38. The maximum Gasteiger partial charge on any atom is 0.306 e. The Morgan fingerprint density at radius 3 is 2.95 bits per heavy atom. The molecule has 21 heavy (non-hydrogen) atoms. The van der Waals surface area contributed by atoms with Crippen LogP contribution >= 0.6 is 11.3 Å². The molecule has 2 rings (SSSR count). The first-order valence-electron chi connectivity index (χ1n) is 6.81. The zero-order chi connectivity index (χ0) is 15.4. The minimum Gasteiger partial charge on any atom is -0.469 e. The number of esters is 1. The summed E-state index contributed by atoms with van der Waals surface area (Å²) < 4.78 is 6.25. The van der Waals surface area contributed by atoms with Crippen LogP contribution in [0.4, 0.5) is 0 Å². The van der Waals surface area contributed by atoms with Crippen LogP contribution in [0.25, 0.3) is 4.96 Å². The van der Waals surface area contributed by atoms with Crippen molar-refractivity contribution in [2.24, 2.45) is 0 Å². The number of fused-ring (bicyclic) bond motifs is 1. The van der Waals surface area contributed by atoms with Crippen LogP contribution in [-0.4, -0.2) is 40.5 Å². The summed E-state index contributed by atoms with van der Waals surface area (Å²) in [6, 6.07) is 1.56. The van der Waals surface area contributed by atoms with E-state index in [0.29, 0.717) is 24.5 Å². The lowest BCUT2D eigenvalue weighted by atomic mass is 10.3. The van der Waals surface area contributed by atoms with Crippen molar-refractivity contribution < 1.29 is 9.53 Å². The van der Waals surface area contributed by atoms with Gasteiger partial charge in [-0.25, -0.2) is 4.98 Å². The lowest BCUT2D eigenvalue weighted by Gasteiger charge is -2.19. The summed E-state index contributed by atoms with van der Waals surface area (Å²) in [5, 5.41) is 1.92. The van der Waals surface area contributed by atoms with Gasteiger partial charge in [0, 0.05) is 30.2 Å². The molecule has 0 aliphatic heterocycles. The Morgan fingerprint density at radius 1 is 1.52 bits per heavy atom. The standard InChI is InChI=1S/C14H19N3O3S/c1-4-16(6-5-13(19)20-3)8-11-7-12(18)17-10(2)9-21-14(17)15-11/h7,9H,4-6,8H2,1-3H3. The molecule has 114 valence electrons. The van der Waals surface area contributed by atoms with Gasteiger partial charge in [-0.15, -0.1) is 11.3 Å². The quantitative estimate of drug-likeness (QED) is 0.756. The number of carbonyl (C=O) groups excluding carboxylic acids is 1. The molecular formula is C14H19N3O3S. The van der Waals surface area contributed by atoms with Crippen LogP contribution < -0.4 is 5.56 Å². The van der Waals surface area contributed by atoms with Crippen LogP contribution in [0.2, 0.25) is 0 Å². The van der Waals surface area contributed by atoms with E-state index in [0.717, 1.165) is 17.9 Å². The van der Waals surface area contributed by atoms with E-state index in [2.05, 4.69) is 14.6 Å². The van der Waals surface area contributed by atoms with E-state index >= 15 is 0 Å². The molecule has 0 spiro atoms. The van der Waals surface area contributed by atoms with Gasteiger partial charge in [-0.3, -0.25) is 18.9 Å². The van der Waals surface area contributed by atoms with Gasteiger partial charge in [0.15, 0.2) is 4.96 Å². The molecule has 0 fully saturated rings. The zero-order valence-corrected chi connectivity index (χ0v) is 13.3. The number of hydrogen-bond donors (Lipinski definition) is 0. The summed E-state index contributed by atoms with van der Waals surface area (Å²) in [4.78, 5) is 30.6. The largest absolute Gasteiger partial charge is 0.469 e. The average molecular weight is 309 g/mol. The molecule has 0 aliphatic carbocycles. The lowest BCUT2D eigenvalue weighted by Crippen LogP contribution is -2.27. The van der Waals surface area contributed by atoms with Crippen molar-refractivity contribution in [2.45, 2.75) is 26.8 Å². The number of aromatic nitrogens is 2. The third-order valence-electron chi connectivity index (χ3n) is 3.32. The Balaban J connectivity index is 2.14. The summed E-state index contributed by atoms with van der Waals surface area (Å²) in [6.07, 6.45) is 0.337. The van der Waals surface area contributed by atoms with Gasteiger partial charge < -0.3 is 4.74 Å². The van der Waals surface area contributed by atoms with Crippen molar-refractivity contribution >= 4 is 22.3 Å². The smallest absolute Gasteiger partial charge is 0.306 e. The number of nitrogens with zero attached hydrogens (tertiary/aromatic N) is 3. The average Bonchev–Trinajstić information content (AvgIpc) is 2.84. The molecule has 7 heteroatoms. The minimum atomic E-state index is -0.231. The fraction of sp³-hybridized carbons (Fsp3) is 0.500. The number of hydrogen-bond acceptors (Lipinski definition) is 6. The van der Waals surface area contributed by atoms with E-state index < -0.39 is 0 Å². The third kappa shape index (κ3) is 3.68. The first-order valence-corrected chi connectivity index (χ1v) is 7.69. The van der Waals surface area contributed by atoms with Crippen LogP contribution in [0.5, 0.6) is 0 Å². The van der Waals surface area contributed by atoms with Crippen molar-refractivity contribution in [1.82, 2.24) is 14.3 Å². The fourth-order valence-electron chi connectivity index (χ4n) is 2.11. The second kappa shape index (κ2) is 6.82. The molecule has 0 aromatic carbocycles. The van der Waals surface area contributed by atoms with Crippen molar-refractivity contribution in [1.29, 1.82) is 0 Å². The molecule has 0 aliphatic rings. The molecule has 0 N–H and O–H groups in total. The van der Waals surface area contributed by atoms with Crippen molar-refractivity contribution in [3.63, 3.8) is 0 Å². The third-order valence-corrected chi connectivity index (χ3v) is 4.26. The van der Waals surface area contributed by atoms with Crippen LogP contribution in [-0.2, 0) is 16.1 Å². The summed E-state index contributed by atoms with van der Waals surface area (Å²) in [6.45, 7) is 5.82. The lowest BCUT2D eigenvalue weighted by molar-refractivity contribution is -0.141. The van der Waals surface area contributed by atoms with Crippen molar-refractivity contribution in [2.75, 3.05) is 20.2 Å². The molecule has 2 aromatic heterocycles. The molecule has 6 nitrogen and oxygen atoms in total. The first-order chi connectivity index (χ1) is 10.0. The maximum absolute atomic E-state index is 12.1. The van der Waals surface area contributed by atoms with E-state index in [1.807, 2.05) is 19.2 Å². The summed E-state index contributed by atoms with van der Waals surface area (Å²) >= 11 is 1.46. The van der Waals surface area contributed by atoms with Gasteiger partial charge in [0.25, 0.3) is 5.56 Å².